The summed E-state index contributed by atoms with van der Waals surface area (Å²) in [5.74, 6) is -2.95. The Morgan fingerprint density at radius 2 is 1.75 bits per heavy atom. The van der Waals surface area contributed by atoms with Gasteiger partial charge in [0.25, 0.3) is 5.56 Å². The molecule has 2 amide bonds. The van der Waals surface area contributed by atoms with Crippen molar-refractivity contribution >= 4 is 74.0 Å². The molecule has 5 aliphatic heterocycles. The highest BCUT2D eigenvalue weighted by molar-refractivity contribution is 6.33. The molecule has 19 heteroatoms. The normalized spacial score (nSPS) is 25.1. The number of carbonyl (C=O) groups excluding carboxylic acids is 2. The Morgan fingerprint density at radius 3 is 2.50 bits per heavy atom. The first-order chi connectivity index (χ1) is 30.9. The van der Waals surface area contributed by atoms with Crippen molar-refractivity contribution < 1.29 is 27.8 Å². The molecule has 1 aliphatic carbocycles. The molecule has 64 heavy (non-hydrogen) atoms. The van der Waals surface area contributed by atoms with Crippen molar-refractivity contribution in [2.24, 2.45) is 25.9 Å². The molecular weight excluding hydrogens is 848 g/mol. The number of hydrogen-bond acceptors (Lipinski definition) is 13. The van der Waals surface area contributed by atoms with Crippen LogP contribution in [0.3, 0.4) is 0 Å². The van der Waals surface area contributed by atoms with Gasteiger partial charge in [0.15, 0.2) is 12.4 Å². The number of aromatic nitrogens is 5. The van der Waals surface area contributed by atoms with Crippen LogP contribution in [0.4, 0.5) is 37.6 Å². The van der Waals surface area contributed by atoms with Gasteiger partial charge in [-0.05, 0) is 68.2 Å². The number of fused-ring (bicyclic) bond motifs is 6. The molecule has 5 fully saturated rings. The number of aryl methyl sites for hydroxylation is 2. The number of imide groups is 1. The van der Waals surface area contributed by atoms with Gasteiger partial charge < -0.3 is 34.5 Å². The fourth-order valence-electron chi connectivity index (χ4n) is 10.7. The van der Waals surface area contributed by atoms with Crippen LogP contribution in [0.2, 0.25) is 5.02 Å². The molecule has 6 aliphatic rings. The molecule has 16 nitrogen and oxygen atoms in total. The molecular formula is C45H50ClF2N11O5. The summed E-state index contributed by atoms with van der Waals surface area (Å²) in [7, 11) is 3.53. The number of piperazine rings is 1. The zero-order valence-corrected chi connectivity index (χ0v) is 36.4. The number of morpholine rings is 1. The van der Waals surface area contributed by atoms with Crippen molar-refractivity contribution in [1.29, 1.82) is 0 Å². The highest BCUT2D eigenvalue weighted by Gasteiger charge is 2.51. The number of para-hydroxylation sites is 1. The highest BCUT2D eigenvalue weighted by Crippen LogP contribution is 2.46. The van der Waals surface area contributed by atoms with Crippen molar-refractivity contribution in [2.75, 3.05) is 73.0 Å². The fourth-order valence-corrected chi connectivity index (χ4v) is 10.8. The molecule has 5 aromatic rings. The largest absolute Gasteiger partial charge is 0.480 e. The van der Waals surface area contributed by atoms with Crippen LogP contribution < -0.4 is 36.0 Å². The number of hydrogen-bond donors (Lipinski definition) is 3. The molecule has 3 N–H and O–H groups in total. The second-order valence-corrected chi connectivity index (χ2v) is 18.8. The number of piperidine rings is 2. The van der Waals surface area contributed by atoms with Crippen LogP contribution in [0.5, 0.6) is 5.75 Å². The average Bonchev–Trinajstić information content (AvgIpc) is 4.08. The molecule has 1 saturated carbocycles. The first-order valence-electron chi connectivity index (χ1n) is 22.3. The van der Waals surface area contributed by atoms with Crippen LogP contribution in [0.1, 0.15) is 50.1 Å². The number of benzene rings is 2. The predicted molar refractivity (Wildman–Crippen MR) is 238 cm³/mol. The number of rotatable bonds is 8. The quantitative estimate of drug-likeness (QED) is 0.175. The van der Waals surface area contributed by atoms with E-state index in [9.17, 15) is 14.4 Å². The lowest BCUT2D eigenvalue weighted by molar-refractivity contribution is -0.134. The lowest BCUT2D eigenvalue weighted by atomic mass is 9.91. The van der Waals surface area contributed by atoms with E-state index in [0.29, 0.717) is 91.3 Å². The van der Waals surface area contributed by atoms with E-state index in [-0.39, 0.29) is 41.3 Å². The summed E-state index contributed by atoms with van der Waals surface area (Å²) in [5.41, 5.74) is 3.82. The predicted octanol–water partition coefficient (Wildman–Crippen LogP) is 5.16. The lowest BCUT2D eigenvalue weighted by Gasteiger charge is -2.51. The first kappa shape index (κ1) is 41.1. The third kappa shape index (κ3) is 7.26. The third-order valence-corrected chi connectivity index (χ3v) is 14.5. The smallest absolute Gasteiger partial charge is 0.301 e. The van der Waals surface area contributed by atoms with Crippen LogP contribution in [0.15, 0.2) is 47.4 Å². The van der Waals surface area contributed by atoms with Gasteiger partial charge in [-0.2, -0.15) is 10.1 Å². The Bertz CT molecular complexity index is 2740. The van der Waals surface area contributed by atoms with E-state index in [1.165, 1.54) is 4.57 Å². The first-order valence-corrected chi connectivity index (χ1v) is 22.6. The van der Waals surface area contributed by atoms with E-state index in [2.05, 4.69) is 41.7 Å². The Morgan fingerprint density at radius 1 is 0.969 bits per heavy atom. The number of anilines is 5. The van der Waals surface area contributed by atoms with Gasteiger partial charge in [-0.25, -0.2) is 13.8 Å². The van der Waals surface area contributed by atoms with Gasteiger partial charge >= 0.3 is 5.92 Å². The molecule has 336 valence electrons. The summed E-state index contributed by atoms with van der Waals surface area (Å²) >= 11 is 6.71. The number of amides is 2. The van der Waals surface area contributed by atoms with E-state index >= 15 is 8.78 Å². The zero-order chi connectivity index (χ0) is 44.0. The Labute approximate surface area is 372 Å². The van der Waals surface area contributed by atoms with E-state index in [4.69, 9.17) is 31.2 Å². The summed E-state index contributed by atoms with van der Waals surface area (Å²) < 4.78 is 45.4. The lowest BCUT2D eigenvalue weighted by Crippen LogP contribution is -2.65. The van der Waals surface area contributed by atoms with Gasteiger partial charge in [0.1, 0.15) is 5.02 Å². The van der Waals surface area contributed by atoms with Gasteiger partial charge in [0.05, 0.1) is 71.6 Å². The molecule has 4 atom stereocenters. The van der Waals surface area contributed by atoms with Crippen LogP contribution in [0.25, 0.3) is 21.8 Å². The average molecular weight is 898 g/mol. The molecule has 0 radical (unpaired) electrons. The zero-order valence-electron chi connectivity index (χ0n) is 35.7. The number of nitrogens with one attached hydrogen (secondary N) is 3. The van der Waals surface area contributed by atoms with Crippen molar-refractivity contribution in [3.63, 3.8) is 0 Å². The summed E-state index contributed by atoms with van der Waals surface area (Å²) in [5, 5.41) is 15.5. The van der Waals surface area contributed by atoms with Gasteiger partial charge in [-0.3, -0.25) is 29.3 Å². The van der Waals surface area contributed by atoms with Crippen LogP contribution in [-0.2, 0) is 28.4 Å². The van der Waals surface area contributed by atoms with Crippen molar-refractivity contribution in [3.05, 3.63) is 63.7 Å². The van der Waals surface area contributed by atoms with Gasteiger partial charge in [0.2, 0.25) is 23.5 Å². The fraction of sp³-hybridized carbons (Fsp3) is 0.511. The second-order valence-electron chi connectivity index (χ2n) is 18.4. The molecule has 3 aromatic heterocycles. The Kier molecular flexibility index (Phi) is 10.2. The number of nitrogens with zero attached hydrogens (tertiary/aromatic N) is 8. The summed E-state index contributed by atoms with van der Waals surface area (Å²) in [6, 6.07) is 10.8. The Balaban J connectivity index is 0.770. The maximum absolute atomic E-state index is 15.2. The van der Waals surface area contributed by atoms with E-state index < -0.39 is 30.0 Å². The van der Waals surface area contributed by atoms with E-state index in [1.54, 1.807) is 31.4 Å². The molecule has 2 bridgehead atoms. The van der Waals surface area contributed by atoms with E-state index in [0.717, 1.165) is 54.8 Å². The maximum atomic E-state index is 15.2. The van der Waals surface area contributed by atoms with Gasteiger partial charge in [-0.1, -0.05) is 23.7 Å². The summed E-state index contributed by atoms with van der Waals surface area (Å²) in [4.78, 5) is 54.7. The minimum absolute atomic E-state index is 0.112. The molecule has 2 aromatic carbocycles. The monoisotopic (exact) mass is 897 g/mol. The topological polar surface area (TPSA) is 164 Å². The summed E-state index contributed by atoms with van der Waals surface area (Å²) in [6.45, 7) is 4.50. The SMILES string of the molecule is Cn1nc(C2CCC(=O)NC2=O)c2cccc(N3CCC(CN4C5COCC4CN(c4ncc(Cl)c(Nc6ccc7c(c6)c6c(c(=O)n7C)OCC(F)(F)[C@H](C7CC7)N6)n4)C5)CC3)c21. The van der Waals surface area contributed by atoms with E-state index in [1.807, 2.05) is 23.9 Å². The molecule has 8 heterocycles. The number of pyridine rings is 1. The molecule has 4 saturated heterocycles. The minimum atomic E-state index is -3.14. The molecule has 3 unspecified atom stereocenters. The summed E-state index contributed by atoms with van der Waals surface area (Å²) in [6.07, 6.45) is 5.83. The highest BCUT2D eigenvalue weighted by atomic mass is 35.5. The van der Waals surface area contributed by atoms with Crippen LogP contribution >= 0.6 is 11.6 Å². The number of alkyl halides is 2. The maximum Gasteiger partial charge on any atom is 0.301 e. The number of halogens is 3. The third-order valence-electron chi connectivity index (χ3n) is 14.2. The molecule has 0 spiro atoms. The number of carbonyl (C=O) groups is 2. The van der Waals surface area contributed by atoms with Crippen molar-refractivity contribution in [2.45, 2.75) is 68.5 Å². The van der Waals surface area contributed by atoms with Crippen molar-refractivity contribution in [1.82, 2.24) is 34.5 Å². The number of ether oxygens (including phenoxy) is 2. The standard InChI is InChI=1S/C45H50ClF2N11O5/c1-55-33-10-8-26(16-31(33)37-39(43(55)62)64-23-45(47,48)40(52-37)25-6-7-25)50-41-32(46)17-49-44(53-41)58-19-27-21-63-22-28(20-58)59(27)18-24-12-14-57(15-13-24)34-5-3-4-29-36(54-56(2)38(29)34)30-9-11-35(60)51-42(30)61/h3-5,8,10,16-17,24-25,27-28,30,40,52H,6-7,9,11-15,18-23H2,1-2H3,(H,49,50,53)(H,51,60,61)/t27?,28?,30?,40-/m0/s1. The Hall–Kier alpha value is -5.59. The molecule has 11 rings (SSSR count). The van der Waals surface area contributed by atoms with Gasteiger partial charge in [-0.15, -0.1) is 0 Å². The van der Waals surface area contributed by atoms with Crippen LogP contribution in [-0.4, -0.2) is 118 Å². The second kappa shape index (κ2) is 15.8. The van der Waals surface area contributed by atoms with Crippen LogP contribution in [0, 0.1) is 11.8 Å². The van der Waals surface area contributed by atoms with Crippen molar-refractivity contribution in [3.8, 4) is 5.75 Å². The minimum Gasteiger partial charge on any atom is -0.480 e. The van der Waals surface area contributed by atoms with Gasteiger partial charge in [0, 0.05) is 69.7 Å².